The van der Waals surface area contributed by atoms with E-state index in [1.807, 2.05) is 56.3 Å². The summed E-state index contributed by atoms with van der Waals surface area (Å²) in [6.45, 7) is 4.40. The molecule has 0 amide bonds. The zero-order valence-corrected chi connectivity index (χ0v) is 12.7. The molecule has 0 fully saturated rings. The fourth-order valence-electron chi connectivity index (χ4n) is 2.14. The van der Waals surface area contributed by atoms with Crippen LogP contribution in [-0.4, -0.2) is 19.5 Å². The van der Waals surface area contributed by atoms with Crippen molar-refractivity contribution in [3.05, 3.63) is 64.7 Å². The van der Waals surface area contributed by atoms with E-state index < -0.39 is 0 Å². The van der Waals surface area contributed by atoms with Gasteiger partial charge in [-0.05, 0) is 43.2 Å². The average Bonchev–Trinajstić information content (AvgIpc) is 2.49. The Hall–Kier alpha value is -2.13. The molecule has 0 aliphatic carbocycles. The van der Waals surface area contributed by atoms with Crippen molar-refractivity contribution in [1.29, 1.82) is 0 Å². The molecule has 0 aliphatic rings. The first-order valence-corrected chi connectivity index (χ1v) is 6.91. The number of carbonyl (C=O) groups is 1. The fraction of sp³-hybridized carbons (Fsp3) is 0.278. The Balaban J connectivity index is 1.93. The van der Waals surface area contributed by atoms with Crippen molar-refractivity contribution in [3.63, 3.8) is 0 Å². The maximum Gasteiger partial charge on any atom is 0.188 e. The van der Waals surface area contributed by atoms with Crippen LogP contribution < -0.4 is 4.74 Å². The van der Waals surface area contributed by atoms with Crippen LogP contribution in [0, 0.1) is 13.8 Å². The number of hydrogen-bond donors (Lipinski definition) is 0. The number of aryl methyl sites for hydroxylation is 2. The molecule has 2 aromatic rings. The predicted octanol–water partition coefficient (Wildman–Crippen LogP) is 3.71. The van der Waals surface area contributed by atoms with Gasteiger partial charge in [0.1, 0.15) is 12.4 Å². The quantitative estimate of drug-likeness (QED) is 0.759. The summed E-state index contributed by atoms with van der Waals surface area (Å²) in [7, 11) is 1.63. The Kier molecular flexibility index (Phi) is 5.12. The van der Waals surface area contributed by atoms with Crippen LogP contribution in [0.1, 0.15) is 27.0 Å². The van der Waals surface area contributed by atoms with Crippen molar-refractivity contribution in [2.45, 2.75) is 20.5 Å². The van der Waals surface area contributed by atoms with E-state index in [1.54, 1.807) is 7.11 Å². The standard InChI is InChI=1S/C18H20O3/c1-13-7-8-14(2)17(9-13)18(19)12-21-11-15-5-4-6-16(10-15)20-3/h4-10H,11-12H2,1-3H3. The number of benzene rings is 2. The van der Waals surface area contributed by atoms with Crippen LogP contribution in [0.5, 0.6) is 5.75 Å². The molecule has 110 valence electrons. The molecule has 0 bridgehead atoms. The summed E-state index contributed by atoms with van der Waals surface area (Å²) in [5, 5.41) is 0. The van der Waals surface area contributed by atoms with Crippen LogP contribution in [0.25, 0.3) is 0 Å². The lowest BCUT2D eigenvalue weighted by atomic mass is 10.0. The van der Waals surface area contributed by atoms with Crippen LogP contribution >= 0.6 is 0 Å². The molecule has 0 unspecified atom stereocenters. The first-order valence-electron chi connectivity index (χ1n) is 6.91. The molecular weight excluding hydrogens is 264 g/mol. The summed E-state index contributed by atoms with van der Waals surface area (Å²) in [6.07, 6.45) is 0. The molecule has 2 aromatic carbocycles. The lowest BCUT2D eigenvalue weighted by Gasteiger charge is -2.08. The molecule has 0 spiro atoms. The van der Waals surface area contributed by atoms with E-state index in [4.69, 9.17) is 9.47 Å². The van der Waals surface area contributed by atoms with Gasteiger partial charge in [-0.1, -0.05) is 29.8 Å². The SMILES string of the molecule is COc1cccc(COCC(=O)c2cc(C)ccc2C)c1. The van der Waals surface area contributed by atoms with Gasteiger partial charge in [-0.3, -0.25) is 4.79 Å². The molecule has 0 saturated heterocycles. The fourth-order valence-corrected chi connectivity index (χ4v) is 2.14. The predicted molar refractivity (Wildman–Crippen MR) is 82.9 cm³/mol. The second-order valence-electron chi connectivity index (χ2n) is 5.09. The summed E-state index contributed by atoms with van der Waals surface area (Å²) in [6, 6.07) is 13.5. The molecule has 2 rings (SSSR count). The molecule has 0 atom stereocenters. The zero-order chi connectivity index (χ0) is 15.2. The molecule has 0 N–H and O–H groups in total. The molecule has 21 heavy (non-hydrogen) atoms. The van der Waals surface area contributed by atoms with Gasteiger partial charge in [-0.15, -0.1) is 0 Å². The summed E-state index contributed by atoms with van der Waals surface area (Å²) in [4.78, 5) is 12.2. The Morgan fingerprint density at radius 3 is 2.67 bits per heavy atom. The smallest absolute Gasteiger partial charge is 0.188 e. The summed E-state index contributed by atoms with van der Waals surface area (Å²) < 4.78 is 10.7. The molecular formula is C18H20O3. The molecule has 3 heteroatoms. The van der Waals surface area contributed by atoms with E-state index in [-0.39, 0.29) is 12.4 Å². The van der Waals surface area contributed by atoms with Crippen molar-refractivity contribution in [1.82, 2.24) is 0 Å². The van der Waals surface area contributed by atoms with Gasteiger partial charge >= 0.3 is 0 Å². The third-order valence-corrected chi connectivity index (χ3v) is 3.33. The summed E-state index contributed by atoms with van der Waals surface area (Å²) >= 11 is 0. The first-order chi connectivity index (χ1) is 10.1. The molecule has 0 heterocycles. The third-order valence-electron chi connectivity index (χ3n) is 3.33. The monoisotopic (exact) mass is 284 g/mol. The maximum atomic E-state index is 12.2. The first kappa shape index (κ1) is 15.3. The van der Waals surface area contributed by atoms with Gasteiger partial charge in [0.05, 0.1) is 13.7 Å². The Bertz CT molecular complexity index is 632. The van der Waals surface area contributed by atoms with Crippen molar-refractivity contribution in [2.75, 3.05) is 13.7 Å². The van der Waals surface area contributed by atoms with Crippen LogP contribution in [0.3, 0.4) is 0 Å². The average molecular weight is 284 g/mol. The minimum atomic E-state index is 0.0131. The van der Waals surface area contributed by atoms with E-state index in [0.717, 1.165) is 28.0 Å². The van der Waals surface area contributed by atoms with Crippen LogP contribution in [0.2, 0.25) is 0 Å². The highest BCUT2D eigenvalue weighted by Gasteiger charge is 2.09. The Labute approximate surface area is 125 Å². The van der Waals surface area contributed by atoms with Crippen molar-refractivity contribution >= 4 is 5.78 Å². The number of Topliss-reactive ketones (excluding diaryl/α,β-unsaturated/α-hetero) is 1. The van der Waals surface area contributed by atoms with Crippen LogP contribution in [-0.2, 0) is 11.3 Å². The van der Waals surface area contributed by atoms with Gasteiger partial charge in [0.15, 0.2) is 5.78 Å². The number of rotatable bonds is 6. The number of ketones is 1. The topological polar surface area (TPSA) is 35.5 Å². The van der Waals surface area contributed by atoms with Gasteiger partial charge in [0, 0.05) is 5.56 Å². The van der Waals surface area contributed by atoms with Crippen molar-refractivity contribution in [2.24, 2.45) is 0 Å². The highest BCUT2D eigenvalue weighted by molar-refractivity contribution is 5.98. The highest BCUT2D eigenvalue weighted by atomic mass is 16.5. The Morgan fingerprint density at radius 2 is 1.90 bits per heavy atom. The normalized spacial score (nSPS) is 10.4. The second-order valence-corrected chi connectivity index (χ2v) is 5.09. The van der Waals surface area contributed by atoms with Crippen molar-refractivity contribution < 1.29 is 14.3 Å². The van der Waals surface area contributed by atoms with Crippen molar-refractivity contribution in [3.8, 4) is 5.75 Å². The molecule has 0 aromatic heterocycles. The van der Waals surface area contributed by atoms with E-state index in [2.05, 4.69) is 0 Å². The third kappa shape index (κ3) is 4.17. The van der Waals surface area contributed by atoms with Crippen LogP contribution in [0.4, 0.5) is 0 Å². The lowest BCUT2D eigenvalue weighted by molar-refractivity contribution is 0.0725. The minimum absolute atomic E-state index is 0.0131. The minimum Gasteiger partial charge on any atom is -0.497 e. The van der Waals surface area contributed by atoms with E-state index in [0.29, 0.717) is 6.61 Å². The van der Waals surface area contributed by atoms with Gasteiger partial charge in [0.25, 0.3) is 0 Å². The number of hydrogen-bond acceptors (Lipinski definition) is 3. The van der Waals surface area contributed by atoms with E-state index in [9.17, 15) is 4.79 Å². The molecule has 3 nitrogen and oxygen atoms in total. The van der Waals surface area contributed by atoms with Gasteiger partial charge in [-0.2, -0.15) is 0 Å². The molecule has 0 radical (unpaired) electrons. The van der Waals surface area contributed by atoms with E-state index in [1.165, 1.54) is 0 Å². The molecule has 0 aliphatic heterocycles. The largest absolute Gasteiger partial charge is 0.497 e. The lowest BCUT2D eigenvalue weighted by Crippen LogP contribution is -2.11. The highest BCUT2D eigenvalue weighted by Crippen LogP contribution is 2.14. The summed E-state index contributed by atoms with van der Waals surface area (Å²) in [5.74, 6) is 0.802. The maximum absolute atomic E-state index is 12.2. The number of methoxy groups -OCH3 is 1. The van der Waals surface area contributed by atoms with Gasteiger partial charge < -0.3 is 9.47 Å². The number of carbonyl (C=O) groups excluding carboxylic acids is 1. The number of ether oxygens (including phenoxy) is 2. The zero-order valence-electron chi connectivity index (χ0n) is 12.7. The van der Waals surface area contributed by atoms with E-state index >= 15 is 0 Å². The summed E-state index contributed by atoms with van der Waals surface area (Å²) in [5.41, 5.74) is 3.79. The Morgan fingerprint density at radius 1 is 1.10 bits per heavy atom. The second kappa shape index (κ2) is 7.04. The van der Waals surface area contributed by atoms with Gasteiger partial charge in [0.2, 0.25) is 0 Å². The van der Waals surface area contributed by atoms with Crippen LogP contribution in [0.15, 0.2) is 42.5 Å². The van der Waals surface area contributed by atoms with Gasteiger partial charge in [-0.25, -0.2) is 0 Å². The molecule has 0 saturated carbocycles.